The maximum absolute atomic E-state index is 13.4. The topological polar surface area (TPSA) is 103 Å². The molecule has 0 aliphatic carbocycles. The SMILES string of the molecule is Cc1nc(N)ccc1CNC(=O)Cn1c(C#Cc2ccccc2)cnc(CCCc2ccccc2)c1=O. The average molecular weight is 492 g/mol. The van der Waals surface area contributed by atoms with Crippen LogP contribution in [0, 0.1) is 18.8 Å². The molecule has 2 aromatic heterocycles. The highest BCUT2D eigenvalue weighted by Crippen LogP contribution is 2.08. The highest BCUT2D eigenvalue weighted by molar-refractivity contribution is 5.76. The first kappa shape index (κ1) is 25.4. The van der Waals surface area contributed by atoms with Gasteiger partial charge >= 0.3 is 0 Å². The van der Waals surface area contributed by atoms with Crippen molar-refractivity contribution in [2.45, 2.75) is 39.3 Å². The van der Waals surface area contributed by atoms with Gasteiger partial charge in [-0.3, -0.25) is 19.1 Å². The summed E-state index contributed by atoms with van der Waals surface area (Å²) in [6.07, 6.45) is 3.71. The zero-order valence-corrected chi connectivity index (χ0v) is 20.8. The Labute approximate surface area is 216 Å². The third-order valence-corrected chi connectivity index (χ3v) is 5.95. The van der Waals surface area contributed by atoms with Gasteiger partial charge in [0.25, 0.3) is 5.56 Å². The molecule has 0 bridgehead atoms. The minimum atomic E-state index is -0.303. The molecule has 3 N–H and O–H groups in total. The number of benzene rings is 2. The van der Waals surface area contributed by atoms with E-state index < -0.39 is 0 Å². The quantitative estimate of drug-likeness (QED) is 0.368. The van der Waals surface area contributed by atoms with Gasteiger partial charge in [0, 0.05) is 17.8 Å². The lowest BCUT2D eigenvalue weighted by atomic mass is 10.1. The number of anilines is 1. The summed E-state index contributed by atoms with van der Waals surface area (Å²) in [6.45, 7) is 1.96. The molecular formula is C30H29N5O2. The van der Waals surface area contributed by atoms with Gasteiger partial charge in [0.05, 0.1) is 6.20 Å². The van der Waals surface area contributed by atoms with Crippen molar-refractivity contribution in [1.82, 2.24) is 19.9 Å². The molecule has 0 radical (unpaired) electrons. The number of nitrogens with one attached hydrogen (secondary N) is 1. The Balaban J connectivity index is 1.53. The van der Waals surface area contributed by atoms with Gasteiger partial charge in [-0.05, 0) is 61.4 Å². The Morgan fingerprint density at radius 1 is 0.973 bits per heavy atom. The number of hydrogen-bond donors (Lipinski definition) is 2. The molecule has 4 rings (SSSR count). The lowest BCUT2D eigenvalue weighted by Crippen LogP contribution is -2.35. The maximum atomic E-state index is 13.4. The van der Waals surface area contributed by atoms with Crippen molar-refractivity contribution in [3.63, 3.8) is 0 Å². The molecule has 0 saturated carbocycles. The Hall–Kier alpha value is -4.70. The van der Waals surface area contributed by atoms with Crippen LogP contribution in [0.1, 0.15) is 40.2 Å². The zero-order valence-electron chi connectivity index (χ0n) is 20.8. The van der Waals surface area contributed by atoms with Gasteiger partial charge in [-0.25, -0.2) is 4.98 Å². The second-order valence-corrected chi connectivity index (χ2v) is 8.69. The predicted octanol–water partition coefficient (Wildman–Crippen LogP) is 3.42. The van der Waals surface area contributed by atoms with E-state index in [4.69, 9.17) is 5.73 Å². The average Bonchev–Trinajstić information content (AvgIpc) is 2.91. The third kappa shape index (κ3) is 7.15. The van der Waals surface area contributed by atoms with Gasteiger partial charge in [0.1, 0.15) is 23.8 Å². The number of pyridine rings is 1. The highest BCUT2D eigenvalue weighted by atomic mass is 16.2. The molecule has 4 aromatic rings. The van der Waals surface area contributed by atoms with Crippen LogP contribution >= 0.6 is 0 Å². The number of rotatable bonds is 8. The molecule has 7 heteroatoms. The van der Waals surface area contributed by atoms with Crippen LogP contribution in [0.4, 0.5) is 5.82 Å². The van der Waals surface area contributed by atoms with E-state index in [0.717, 1.165) is 29.7 Å². The summed E-state index contributed by atoms with van der Waals surface area (Å²) in [5, 5.41) is 2.87. The van der Waals surface area contributed by atoms with Crippen LogP contribution in [0.15, 0.2) is 83.8 Å². The summed E-state index contributed by atoms with van der Waals surface area (Å²) in [5.74, 6) is 6.20. The van der Waals surface area contributed by atoms with E-state index in [0.29, 0.717) is 23.6 Å². The molecule has 0 aliphatic heterocycles. The lowest BCUT2D eigenvalue weighted by molar-refractivity contribution is -0.121. The number of nitrogens with two attached hydrogens (primary N) is 1. The number of carbonyl (C=O) groups is 1. The molecule has 186 valence electrons. The van der Waals surface area contributed by atoms with Gasteiger partial charge in [0.15, 0.2) is 0 Å². The van der Waals surface area contributed by atoms with E-state index >= 15 is 0 Å². The van der Waals surface area contributed by atoms with Crippen LogP contribution in [-0.2, 0) is 30.7 Å². The maximum Gasteiger partial charge on any atom is 0.273 e. The van der Waals surface area contributed by atoms with Gasteiger partial charge in [-0.15, -0.1) is 0 Å². The van der Waals surface area contributed by atoms with Crippen molar-refractivity contribution in [2.75, 3.05) is 5.73 Å². The highest BCUT2D eigenvalue weighted by Gasteiger charge is 2.13. The molecule has 0 aliphatic rings. The monoisotopic (exact) mass is 491 g/mol. The van der Waals surface area contributed by atoms with E-state index in [2.05, 4.69) is 39.3 Å². The minimum Gasteiger partial charge on any atom is -0.384 e. The smallest absolute Gasteiger partial charge is 0.273 e. The molecule has 0 spiro atoms. The Morgan fingerprint density at radius 3 is 2.43 bits per heavy atom. The Kier molecular flexibility index (Phi) is 8.45. The van der Waals surface area contributed by atoms with Crippen molar-refractivity contribution >= 4 is 11.7 Å². The van der Waals surface area contributed by atoms with Gasteiger partial charge in [0.2, 0.25) is 5.91 Å². The summed E-state index contributed by atoms with van der Waals surface area (Å²) in [7, 11) is 0. The number of hydrogen-bond acceptors (Lipinski definition) is 5. The van der Waals surface area contributed by atoms with Crippen LogP contribution in [-0.4, -0.2) is 20.4 Å². The molecular weight excluding hydrogens is 462 g/mol. The minimum absolute atomic E-state index is 0.159. The number of aryl methyl sites for hydroxylation is 3. The molecule has 37 heavy (non-hydrogen) atoms. The van der Waals surface area contributed by atoms with Crippen molar-refractivity contribution in [2.24, 2.45) is 0 Å². The summed E-state index contributed by atoms with van der Waals surface area (Å²) < 4.78 is 1.41. The summed E-state index contributed by atoms with van der Waals surface area (Å²) >= 11 is 0. The van der Waals surface area contributed by atoms with E-state index in [1.807, 2.05) is 61.5 Å². The summed E-state index contributed by atoms with van der Waals surface area (Å²) in [4.78, 5) is 34.9. The predicted molar refractivity (Wildman–Crippen MR) is 145 cm³/mol. The van der Waals surface area contributed by atoms with Crippen molar-refractivity contribution in [1.29, 1.82) is 0 Å². The molecule has 0 atom stereocenters. The fourth-order valence-corrected chi connectivity index (χ4v) is 3.91. The number of nitrogens with zero attached hydrogens (tertiary/aromatic N) is 3. The summed E-state index contributed by atoms with van der Waals surface area (Å²) in [5.41, 5.74) is 9.85. The first-order chi connectivity index (χ1) is 18.0. The van der Waals surface area contributed by atoms with Crippen LogP contribution < -0.4 is 16.6 Å². The van der Waals surface area contributed by atoms with Gasteiger partial charge in [-0.1, -0.05) is 60.5 Å². The standard InChI is InChI=1S/C30H29N5O2/c1-22-25(16-18-28(31)34-22)19-33-29(36)21-35-26(17-15-24-11-6-3-7-12-24)20-32-27(30(35)37)14-8-13-23-9-4-2-5-10-23/h2-7,9-12,16,18,20H,8,13-14,19,21H2,1H3,(H2,31,34)(H,33,36). The Bertz CT molecular complexity index is 1490. The number of nitrogen functional groups attached to an aromatic ring is 1. The zero-order chi connectivity index (χ0) is 26.0. The first-order valence-electron chi connectivity index (χ1n) is 12.2. The van der Waals surface area contributed by atoms with Crippen LogP contribution in [0.2, 0.25) is 0 Å². The van der Waals surface area contributed by atoms with Crippen molar-refractivity contribution in [3.05, 3.63) is 123 Å². The molecule has 0 saturated heterocycles. The lowest BCUT2D eigenvalue weighted by Gasteiger charge is -2.12. The van der Waals surface area contributed by atoms with Crippen LogP contribution in [0.3, 0.4) is 0 Å². The van der Waals surface area contributed by atoms with Crippen LogP contribution in [0.25, 0.3) is 0 Å². The van der Waals surface area contributed by atoms with E-state index in [-0.39, 0.29) is 24.6 Å². The fourth-order valence-electron chi connectivity index (χ4n) is 3.91. The van der Waals surface area contributed by atoms with E-state index in [9.17, 15) is 9.59 Å². The van der Waals surface area contributed by atoms with E-state index in [1.165, 1.54) is 10.1 Å². The molecule has 0 unspecified atom stereocenters. The first-order valence-corrected chi connectivity index (χ1v) is 12.2. The number of carbonyl (C=O) groups excluding carboxylic acids is 1. The molecule has 1 amide bonds. The Morgan fingerprint density at radius 2 is 1.70 bits per heavy atom. The normalized spacial score (nSPS) is 10.4. The van der Waals surface area contributed by atoms with Crippen molar-refractivity contribution in [3.8, 4) is 11.8 Å². The largest absolute Gasteiger partial charge is 0.384 e. The molecule has 2 heterocycles. The van der Waals surface area contributed by atoms with E-state index in [1.54, 1.807) is 12.3 Å². The molecule has 2 aromatic carbocycles. The second kappa shape index (κ2) is 12.3. The van der Waals surface area contributed by atoms with Crippen molar-refractivity contribution < 1.29 is 4.79 Å². The molecule has 0 fully saturated rings. The summed E-state index contributed by atoms with van der Waals surface area (Å²) in [6, 6.07) is 23.1. The van der Waals surface area contributed by atoms with Gasteiger partial charge in [-0.2, -0.15) is 0 Å². The van der Waals surface area contributed by atoms with Crippen LogP contribution in [0.5, 0.6) is 0 Å². The fraction of sp³-hybridized carbons (Fsp3) is 0.200. The third-order valence-electron chi connectivity index (χ3n) is 5.95. The molecule has 7 nitrogen and oxygen atoms in total. The van der Waals surface area contributed by atoms with Gasteiger partial charge < -0.3 is 11.1 Å². The number of aromatic nitrogens is 3. The second-order valence-electron chi connectivity index (χ2n) is 8.69. The number of amides is 1.